The van der Waals surface area contributed by atoms with Crippen LogP contribution in [-0.4, -0.2) is 23.8 Å². The van der Waals surface area contributed by atoms with Crippen LogP contribution < -0.4 is 0 Å². The molecule has 4 atom stereocenters. The predicted molar refractivity (Wildman–Crippen MR) is 102 cm³/mol. The van der Waals surface area contributed by atoms with Gasteiger partial charge in [-0.15, -0.1) is 0 Å². The molecule has 2 saturated carbocycles. The first-order valence-corrected chi connectivity index (χ1v) is 9.73. The average Bonchev–Trinajstić information content (AvgIpc) is 2.50. The lowest BCUT2D eigenvalue weighted by Crippen LogP contribution is -2.54. The monoisotopic (exact) mass is 348 g/mol. The number of aliphatic hydroxyl groups excluding tert-OH is 1. The maximum absolute atomic E-state index is 10.9. The number of esters is 1. The zero-order chi connectivity index (χ0) is 18.8. The molecule has 0 aromatic rings. The first-order chi connectivity index (χ1) is 11.6. The predicted octanol–water partition coefficient (Wildman–Crippen LogP) is 5.05. The van der Waals surface area contributed by atoms with Crippen LogP contribution in [0.15, 0.2) is 23.8 Å². The van der Waals surface area contributed by atoms with Gasteiger partial charge in [0.1, 0.15) is 6.61 Å². The Hall–Kier alpha value is -1.09. The molecule has 3 heteroatoms. The van der Waals surface area contributed by atoms with E-state index >= 15 is 0 Å². The second-order valence-electron chi connectivity index (χ2n) is 9.08. The van der Waals surface area contributed by atoms with Gasteiger partial charge in [-0.25, -0.2) is 0 Å². The topological polar surface area (TPSA) is 46.5 Å². The Balaban J connectivity index is 2.08. The Morgan fingerprint density at radius 3 is 2.64 bits per heavy atom. The maximum Gasteiger partial charge on any atom is 0.302 e. The van der Waals surface area contributed by atoms with Gasteiger partial charge >= 0.3 is 5.97 Å². The number of carbonyl (C=O) groups is 1. The van der Waals surface area contributed by atoms with Crippen LogP contribution in [0.1, 0.15) is 73.1 Å². The normalized spacial score (nSPS) is 35.2. The third-order valence-electron chi connectivity index (χ3n) is 7.10. The van der Waals surface area contributed by atoms with Crippen LogP contribution in [0, 0.1) is 22.7 Å². The summed E-state index contributed by atoms with van der Waals surface area (Å²) in [6.07, 6.45) is 8.14. The fourth-order valence-corrected chi connectivity index (χ4v) is 5.47. The van der Waals surface area contributed by atoms with Crippen LogP contribution in [0.5, 0.6) is 0 Å². The molecule has 0 unspecified atom stereocenters. The largest absolute Gasteiger partial charge is 0.462 e. The van der Waals surface area contributed by atoms with Gasteiger partial charge in [0.05, 0.1) is 6.10 Å². The van der Waals surface area contributed by atoms with Gasteiger partial charge in [0, 0.05) is 6.92 Å². The lowest BCUT2D eigenvalue weighted by molar-refractivity contribution is -0.139. The number of allylic oxidation sites excluding steroid dienone is 2. The number of ether oxygens (including phenoxy) is 1. The van der Waals surface area contributed by atoms with Crippen molar-refractivity contribution in [2.45, 2.75) is 79.2 Å². The summed E-state index contributed by atoms with van der Waals surface area (Å²) in [4.78, 5) is 10.9. The Bertz CT molecular complexity index is 545. The van der Waals surface area contributed by atoms with Gasteiger partial charge in [0.2, 0.25) is 0 Å². The molecule has 0 heterocycles. The number of aliphatic hydroxyl groups is 1. The highest BCUT2D eigenvalue weighted by Gasteiger charge is 2.55. The smallest absolute Gasteiger partial charge is 0.302 e. The molecule has 1 N–H and O–H groups in total. The molecule has 0 spiro atoms. The van der Waals surface area contributed by atoms with Crippen molar-refractivity contribution in [2.24, 2.45) is 22.7 Å². The fraction of sp³-hybridized carbons (Fsp3) is 0.773. The molecule has 2 rings (SSSR count). The van der Waals surface area contributed by atoms with Crippen molar-refractivity contribution < 1.29 is 14.6 Å². The third kappa shape index (κ3) is 4.19. The van der Waals surface area contributed by atoms with E-state index in [1.54, 1.807) is 0 Å². The Morgan fingerprint density at radius 1 is 1.32 bits per heavy atom. The summed E-state index contributed by atoms with van der Waals surface area (Å²) < 4.78 is 5.01. The fourth-order valence-electron chi connectivity index (χ4n) is 5.47. The maximum atomic E-state index is 10.9. The highest BCUT2D eigenvalue weighted by molar-refractivity contribution is 5.66. The van der Waals surface area contributed by atoms with Gasteiger partial charge in [0.15, 0.2) is 0 Å². The van der Waals surface area contributed by atoms with Crippen molar-refractivity contribution in [2.75, 3.05) is 6.61 Å². The Labute approximate surface area is 153 Å². The molecule has 0 aromatic carbocycles. The number of hydrogen-bond acceptors (Lipinski definition) is 3. The molecular weight excluding hydrogens is 312 g/mol. The van der Waals surface area contributed by atoms with Gasteiger partial charge in [-0.3, -0.25) is 4.79 Å². The standard InChI is InChI=1S/C22H36O3/c1-15(12-14-25-17(3)23)7-9-18-16(2)8-10-19-21(4,5)20(24)11-13-22(18,19)6/h12,18-20,24H,2,7-11,13-14H2,1,3-6H3/b15-12-/t18-,19-,20+,22+/m0/s1. The zero-order valence-electron chi connectivity index (χ0n) is 16.7. The molecule has 0 aromatic heterocycles. The summed E-state index contributed by atoms with van der Waals surface area (Å²) in [5.74, 6) is 0.822. The summed E-state index contributed by atoms with van der Waals surface area (Å²) in [7, 11) is 0. The van der Waals surface area contributed by atoms with Crippen molar-refractivity contribution >= 4 is 5.97 Å². The van der Waals surface area contributed by atoms with Crippen LogP contribution in [-0.2, 0) is 9.53 Å². The molecule has 142 valence electrons. The van der Waals surface area contributed by atoms with Crippen molar-refractivity contribution in [1.29, 1.82) is 0 Å². The van der Waals surface area contributed by atoms with Gasteiger partial charge in [-0.05, 0) is 74.2 Å². The number of rotatable bonds is 5. The first-order valence-electron chi connectivity index (χ1n) is 9.73. The minimum absolute atomic E-state index is 0.0217. The third-order valence-corrected chi connectivity index (χ3v) is 7.10. The zero-order valence-corrected chi connectivity index (χ0v) is 16.7. The van der Waals surface area contributed by atoms with E-state index in [0.717, 1.165) is 38.5 Å². The van der Waals surface area contributed by atoms with Crippen molar-refractivity contribution in [3.63, 3.8) is 0 Å². The van der Waals surface area contributed by atoms with E-state index in [1.807, 2.05) is 6.08 Å². The van der Waals surface area contributed by atoms with Crippen LogP contribution in [0.3, 0.4) is 0 Å². The van der Waals surface area contributed by atoms with E-state index in [2.05, 4.69) is 34.3 Å². The summed E-state index contributed by atoms with van der Waals surface area (Å²) in [5, 5.41) is 10.5. The minimum atomic E-state index is -0.233. The molecule has 0 saturated heterocycles. The van der Waals surface area contributed by atoms with E-state index < -0.39 is 0 Å². The second kappa shape index (κ2) is 7.65. The van der Waals surface area contributed by atoms with E-state index in [9.17, 15) is 9.90 Å². The van der Waals surface area contributed by atoms with E-state index in [0.29, 0.717) is 18.4 Å². The van der Waals surface area contributed by atoms with E-state index in [-0.39, 0.29) is 22.9 Å². The highest BCUT2D eigenvalue weighted by Crippen LogP contribution is 2.61. The number of fused-ring (bicyclic) bond motifs is 1. The molecular formula is C22H36O3. The molecule has 2 fully saturated rings. The molecule has 0 amide bonds. The quantitative estimate of drug-likeness (QED) is 0.559. The molecule has 25 heavy (non-hydrogen) atoms. The Kier molecular flexibility index (Phi) is 6.19. The number of carbonyl (C=O) groups excluding carboxylic acids is 1. The van der Waals surface area contributed by atoms with Gasteiger partial charge < -0.3 is 9.84 Å². The van der Waals surface area contributed by atoms with Crippen LogP contribution >= 0.6 is 0 Å². The van der Waals surface area contributed by atoms with E-state index in [4.69, 9.17) is 4.74 Å². The molecule has 0 bridgehead atoms. The SMILES string of the molecule is C=C1CC[C@H]2C(C)(C)[C@H](O)CC[C@]2(C)[C@H]1CC/C(C)=C\COC(C)=O. The second-order valence-corrected chi connectivity index (χ2v) is 9.08. The molecule has 2 aliphatic rings. The van der Waals surface area contributed by atoms with Crippen LogP contribution in [0.25, 0.3) is 0 Å². The molecule has 3 nitrogen and oxygen atoms in total. The average molecular weight is 349 g/mol. The molecule has 0 aliphatic heterocycles. The molecule has 2 aliphatic carbocycles. The lowest BCUT2D eigenvalue weighted by Gasteiger charge is -2.59. The van der Waals surface area contributed by atoms with Gasteiger partial charge in [-0.1, -0.05) is 38.5 Å². The summed E-state index contributed by atoms with van der Waals surface area (Å²) in [6, 6.07) is 0. The summed E-state index contributed by atoms with van der Waals surface area (Å²) in [5.41, 5.74) is 2.87. The first kappa shape index (κ1) is 20.2. The van der Waals surface area contributed by atoms with Crippen LogP contribution in [0.4, 0.5) is 0 Å². The van der Waals surface area contributed by atoms with Crippen molar-refractivity contribution in [3.8, 4) is 0 Å². The Morgan fingerprint density at radius 2 is 2.00 bits per heavy atom. The van der Waals surface area contributed by atoms with Crippen LogP contribution in [0.2, 0.25) is 0 Å². The van der Waals surface area contributed by atoms with Crippen molar-refractivity contribution in [1.82, 2.24) is 0 Å². The summed E-state index contributed by atoms with van der Waals surface area (Å²) in [6.45, 7) is 15.3. The van der Waals surface area contributed by atoms with Gasteiger partial charge in [-0.2, -0.15) is 0 Å². The number of hydrogen-bond donors (Lipinski definition) is 1. The highest BCUT2D eigenvalue weighted by atomic mass is 16.5. The summed E-state index contributed by atoms with van der Waals surface area (Å²) >= 11 is 0. The lowest BCUT2D eigenvalue weighted by atomic mass is 9.46. The molecule has 0 radical (unpaired) electrons. The van der Waals surface area contributed by atoms with Crippen molar-refractivity contribution in [3.05, 3.63) is 23.8 Å². The minimum Gasteiger partial charge on any atom is -0.462 e. The van der Waals surface area contributed by atoms with Gasteiger partial charge in [0.25, 0.3) is 0 Å². The van der Waals surface area contributed by atoms with E-state index in [1.165, 1.54) is 18.1 Å².